The number of aromatic carboxylic acids is 1. The summed E-state index contributed by atoms with van der Waals surface area (Å²) in [6, 6.07) is 0. The number of carboxylic acid groups (broad SMARTS) is 1. The van der Waals surface area contributed by atoms with Crippen molar-refractivity contribution in [2.45, 2.75) is 6.92 Å². The lowest BCUT2D eigenvalue weighted by atomic mass is 10.4. The van der Waals surface area contributed by atoms with Crippen LogP contribution in [0.2, 0.25) is 0 Å². The minimum Gasteiger partial charge on any atom is -0.476 e. The first kappa shape index (κ1) is 9.32. The van der Waals surface area contributed by atoms with Crippen molar-refractivity contribution in [1.29, 1.82) is 0 Å². The van der Waals surface area contributed by atoms with Gasteiger partial charge in [-0.25, -0.2) is 14.8 Å². The Balaban J connectivity index is 2.46. The highest BCUT2D eigenvalue weighted by atomic mass is 16.4. The molecule has 0 spiro atoms. The molecule has 0 aliphatic heterocycles. The predicted molar refractivity (Wildman–Crippen MR) is 50.9 cm³/mol. The van der Waals surface area contributed by atoms with Crippen LogP contribution in [0.15, 0.2) is 24.9 Å². The number of hydrogen-bond acceptors (Lipinski definition) is 4. The molecule has 0 radical (unpaired) electrons. The van der Waals surface area contributed by atoms with E-state index in [1.807, 2.05) is 0 Å². The van der Waals surface area contributed by atoms with Crippen LogP contribution < -0.4 is 0 Å². The van der Waals surface area contributed by atoms with Crippen molar-refractivity contribution in [1.82, 2.24) is 19.5 Å². The molecule has 0 saturated heterocycles. The largest absolute Gasteiger partial charge is 0.476 e. The predicted octanol–water partition coefficient (Wildman–Crippen LogP) is 0.669. The van der Waals surface area contributed by atoms with E-state index in [2.05, 4.69) is 15.0 Å². The Morgan fingerprint density at radius 2 is 2.07 bits per heavy atom. The molecule has 2 aromatic heterocycles. The van der Waals surface area contributed by atoms with Crippen LogP contribution in [-0.4, -0.2) is 30.6 Å². The van der Waals surface area contributed by atoms with E-state index in [-0.39, 0.29) is 5.69 Å². The Bertz CT molecular complexity index is 506. The van der Waals surface area contributed by atoms with Gasteiger partial charge in [-0.15, -0.1) is 0 Å². The van der Waals surface area contributed by atoms with Crippen molar-refractivity contribution in [3.8, 4) is 5.82 Å². The summed E-state index contributed by atoms with van der Waals surface area (Å²) in [7, 11) is 0. The lowest BCUT2D eigenvalue weighted by molar-refractivity contribution is 0.0691. The fourth-order valence-electron chi connectivity index (χ4n) is 1.20. The molecule has 6 heteroatoms. The lowest BCUT2D eigenvalue weighted by Gasteiger charge is -2.01. The first-order valence-corrected chi connectivity index (χ1v) is 4.24. The normalized spacial score (nSPS) is 10.2. The second kappa shape index (κ2) is 3.49. The number of nitrogens with zero attached hydrogens (tertiary/aromatic N) is 4. The molecule has 2 rings (SSSR count). The summed E-state index contributed by atoms with van der Waals surface area (Å²) in [5, 5.41) is 8.70. The van der Waals surface area contributed by atoms with Gasteiger partial charge in [-0.05, 0) is 6.92 Å². The molecule has 1 N–H and O–H groups in total. The summed E-state index contributed by atoms with van der Waals surface area (Å²) < 4.78 is 1.53. The number of imidazole rings is 1. The van der Waals surface area contributed by atoms with Crippen molar-refractivity contribution < 1.29 is 9.90 Å². The molecule has 0 saturated carbocycles. The zero-order valence-electron chi connectivity index (χ0n) is 7.95. The van der Waals surface area contributed by atoms with Gasteiger partial charge in [0.05, 0.1) is 5.69 Å². The van der Waals surface area contributed by atoms with Crippen LogP contribution in [-0.2, 0) is 0 Å². The van der Waals surface area contributed by atoms with Crippen molar-refractivity contribution >= 4 is 5.97 Å². The number of aromatic nitrogens is 4. The molecular formula is C9H8N4O2. The smallest absolute Gasteiger partial charge is 0.356 e. The Labute approximate surface area is 85.3 Å². The Morgan fingerprint density at radius 3 is 2.67 bits per heavy atom. The Kier molecular flexibility index (Phi) is 2.17. The number of aryl methyl sites for hydroxylation is 1. The topological polar surface area (TPSA) is 80.9 Å². The van der Waals surface area contributed by atoms with Gasteiger partial charge in [0, 0.05) is 18.6 Å². The summed E-state index contributed by atoms with van der Waals surface area (Å²) in [5.74, 6) is -0.479. The van der Waals surface area contributed by atoms with Gasteiger partial charge in [-0.3, -0.25) is 9.55 Å². The molecule has 0 amide bonds. The number of carboxylic acids is 1. The van der Waals surface area contributed by atoms with Crippen LogP contribution in [0.4, 0.5) is 0 Å². The van der Waals surface area contributed by atoms with E-state index in [4.69, 9.17) is 5.11 Å². The van der Waals surface area contributed by atoms with Crippen molar-refractivity contribution in [2.24, 2.45) is 0 Å². The molecule has 0 unspecified atom stereocenters. The molecule has 2 heterocycles. The maximum absolute atomic E-state index is 10.6. The number of carbonyl (C=O) groups is 1. The van der Waals surface area contributed by atoms with Gasteiger partial charge in [0.1, 0.15) is 6.33 Å². The third kappa shape index (κ3) is 1.69. The highest BCUT2D eigenvalue weighted by Crippen LogP contribution is 2.08. The SMILES string of the molecule is Cc1nccnc1-n1cnc(C(=O)O)c1. The average molecular weight is 204 g/mol. The molecule has 0 aliphatic rings. The van der Waals surface area contributed by atoms with Gasteiger partial charge in [-0.1, -0.05) is 0 Å². The first-order valence-electron chi connectivity index (χ1n) is 4.24. The van der Waals surface area contributed by atoms with E-state index in [1.165, 1.54) is 17.1 Å². The third-order valence-corrected chi connectivity index (χ3v) is 1.90. The van der Waals surface area contributed by atoms with Crippen molar-refractivity contribution in [2.75, 3.05) is 0 Å². The zero-order chi connectivity index (χ0) is 10.8. The molecule has 6 nitrogen and oxygen atoms in total. The molecule has 2 aromatic rings. The summed E-state index contributed by atoms with van der Waals surface area (Å²) in [4.78, 5) is 22.5. The molecule has 15 heavy (non-hydrogen) atoms. The van der Waals surface area contributed by atoms with Gasteiger partial charge in [0.25, 0.3) is 0 Å². The van der Waals surface area contributed by atoms with Crippen molar-refractivity contribution in [3.05, 3.63) is 36.3 Å². The maximum Gasteiger partial charge on any atom is 0.356 e. The molecule has 0 fully saturated rings. The average Bonchev–Trinajstić information content (AvgIpc) is 2.67. The lowest BCUT2D eigenvalue weighted by Crippen LogP contribution is -2.00. The van der Waals surface area contributed by atoms with Gasteiger partial charge in [-0.2, -0.15) is 0 Å². The van der Waals surface area contributed by atoms with Crippen LogP contribution in [0.1, 0.15) is 16.2 Å². The summed E-state index contributed by atoms with van der Waals surface area (Å²) in [5.41, 5.74) is 0.701. The van der Waals surface area contributed by atoms with Gasteiger partial charge in [0.15, 0.2) is 11.5 Å². The number of rotatable bonds is 2. The van der Waals surface area contributed by atoms with E-state index in [9.17, 15) is 4.79 Å². The minimum atomic E-state index is -1.06. The van der Waals surface area contributed by atoms with E-state index >= 15 is 0 Å². The quantitative estimate of drug-likeness (QED) is 0.777. The van der Waals surface area contributed by atoms with E-state index in [1.54, 1.807) is 19.3 Å². The first-order chi connectivity index (χ1) is 7.18. The highest BCUT2D eigenvalue weighted by molar-refractivity contribution is 5.85. The van der Waals surface area contributed by atoms with Gasteiger partial charge < -0.3 is 5.11 Å². The van der Waals surface area contributed by atoms with Crippen LogP contribution >= 0.6 is 0 Å². The van der Waals surface area contributed by atoms with Crippen LogP contribution in [0.5, 0.6) is 0 Å². The second-order valence-electron chi connectivity index (χ2n) is 2.94. The Morgan fingerprint density at radius 1 is 1.33 bits per heavy atom. The maximum atomic E-state index is 10.6. The minimum absolute atomic E-state index is 0.0138. The molecular weight excluding hydrogens is 196 g/mol. The molecule has 76 valence electrons. The molecule has 0 aliphatic carbocycles. The summed E-state index contributed by atoms with van der Waals surface area (Å²) >= 11 is 0. The van der Waals surface area contributed by atoms with E-state index in [0.717, 1.165) is 0 Å². The third-order valence-electron chi connectivity index (χ3n) is 1.90. The van der Waals surface area contributed by atoms with E-state index in [0.29, 0.717) is 11.5 Å². The highest BCUT2D eigenvalue weighted by Gasteiger charge is 2.09. The van der Waals surface area contributed by atoms with E-state index < -0.39 is 5.97 Å². The number of hydrogen-bond donors (Lipinski definition) is 1. The fraction of sp³-hybridized carbons (Fsp3) is 0.111. The second-order valence-corrected chi connectivity index (χ2v) is 2.94. The molecule has 0 bridgehead atoms. The van der Waals surface area contributed by atoms with Gasteiger partial charge in [0.2, 0.25) is 0 Å². The van der Waals surface area contributed by atoms with Crippen LogP contribution in [0.25, 0.3) is 5.82 Å². The summed E-state index contributed by atoms with van der Waals surface area (Å²) in [6.07, 6.45) is 5.93. The monoisotopic (exact) mass is 204 g/mol. The van der Waals surface area contributed by atoms with Crippen LogP contribution in [0.3, 0.4) is 0 Å². The van der Waals surface area contributed by atoms with Crippen LogP contribution in [0, 0.1) is 6.92 Å². The molecule has 0 aromatic carbocycles. The standard InChI is InChI=1S/C9H8N4O2/c1-6-8(11-3-2-10-6)13-4-7(9(14)15)12-5-13/h2-5H,1H3,(H,14,15). The summed E-state index contributed by atoms with van der Waals surface area (Å²) in [6.45, 7) is 1.79. The zero-order valence-corrected chi connectivity index (χ0v) is 7.95. The van der Waals surface area contributed by atoms with Gasteiger partial charge >= 0.3 is 5.97 Å². The van der Waals surface area contributed by atoms with Crippen molar-refractivity contribution in [3.63, 3.8) is 0 Å². The fourth-order valence-corrected chi connectivity index (χ4v) is 1.20. The molecule has 0 atom stereocenters. The Hall–Kier alpha value is -2.24.